The highest BCUT2D eigenvalue weighted by Crippen LogP contribution is 2.33. The van der Waals surface area contributed by atoms with Gasteiger partial charge in [0.05, 0.1) is 5.41 Å². The van der Waals surface area contributed by atoms with Gasteiger partial charge in [0.25, 0.3) is 0 Å². The molecule has 5 nitrogen and oxygen atoms in total. The predicted molar refractivity (Wildman–Crippen MR) is 74.0 cm³/mol. The van der Waals surface area contributed by atoms with Crippen molar-refractivity contribution in [2.24, 2.45) is 10.8 Å². The van der Waals surface area contributed by atoms with Crippen molar-refractivity contribution >= 4 is 12.0 Å². The molecule has 1 aliphatic rings. The fourth-order valence-corrected chi connectivity index (χ4v) is 2.37. The fourth-order valence-electron chi connectivity index (χ4n) is 2.37. The number of carboxylic acids is 1. The molecule has 0 aromatic carbocycles. The van der Waals surface area contributed by atoms with Gasteiger partial charge in [-0.05, 0) is 24.7 Å². The summed E-state index contributed by atoms with van der Waals surface area (Å²) in [6.45, 7) is 9.59. The lowest BCUT2D eigenvalue weighted by molar-refractivity contribution is -0.152. The second-order valence-electron chi connectivity index (χ2n) is 6.68. The number of carbonyl (C=O) groups excluding carboxylic acids is 1. The van der Waals surface area contributed by atoms with Crippen LogP contribution in [-0.2, 0) is 4.79 Å². The number of urea groups is 1. The molecule has 1 heterocycles. The van der Waals surface area contributed by atoms with Gasteiger partial charge < -0.3 is 15.3 Å². The lowest BCUT2D eigenvalue weighted by Crippen LogP contribution is -2.53. The standard InChI is InChI=1S/C14H26N2O3/c1-5-14(11(17)18)7-6-8-16(10-14)12(19)15-9-13(2,3)4/h5-10H2,1-4H3,(H,15,19)(H,17,18). The van der Waals surface area contributed by atoms with E-state index in [1.54, 1.807) is 4.90 Å². The Morgan fingerprint density at radius 2 is 2.00 bits per heavy atom. The lowest BCUT2D eigenvalue weighted by atomic mass is 9.78. The number of aliphatic carboxylic acids is 1. The number of nitrogens with one attached hydrogen (secondary N) is 1. The fraction of sp³-hybridized carbons (Fsp3) is 0.857. The first-order valence-electron chi connectivity index (χ1n) is 6.96. The van der Waals surface area contributed by atoms with Gasteiger partial charge in [0, 0.05) is 19.6 Å². The van der Waals surface area contributed by atoms with Gasteiger partial charge in [-0.15, -0.1) is 0 Å². The molecule has 0 radical (unpaired) electrons. The van der Waals surface area contributed by atoms with Crippen LogP contribution < -0.4 is 5.32 Å². The topological polar surface area (TPSA) is 69.6 Å². The SMILES string of the molecule is CCC1(C(=O)O)CCCN(C(=O)NCC(C)(C)C)C1. The van der Waals surface area contributed by atoms with Crippen molar-refractivity contribution in [3.8, 4) is 0 Å². The van der Waals surface area contributed by atoms with E-state index in [0.717, 1.165) is 6.42 Å². The van der Waals surface area contributed by atoms with Gasteiger partial charge in [0.1, 0.15) is 0 Å². The van der Waals surface area contributed by atoms with Crippen LogP contribution in [0.25, 0.3) is 0 Å². The predicted octanol–water partition coefficient (Wildman–Crippen LogP) is 2.32. The largest absolute Gasteiger partial charge is 0.481 e. The average Bonchev–Trinajstić information content (AvgIpc) is 2.34. The highest BCUT2D eigenvalue weighted by molar-refractivity contribution is 5.78. The summed E-state index contributed by atoms with van der Waals surface area (Å²) in [6, 6.07) is -0.145. The molecule has 110 valence electrons. The van der Waals surface area contributed by atoms with Crippen LogP contribution in [0.4, 0.5) is 4.79 Å². The van der Waals surface area contributed by atoms with Crippen molar-refractivity contribution in [2.75, 3.05) is 19.6 Å². The molecule has 2 N–H and O–H groups in total. The van der Waals surface area contributed by atoms with Crippen LogP contribution in [0.3, 0.4) is 0 Å². The van der Waals surface area contributed by atoms with E-state index < -0.39 is 11.4 Å². The Morgan fingerprint density at radius 1 is 1.37 bits per heavy atom. The van der Waals surface area contributed by atoms with Crippen LogP contribution >= 0.6 is 0 Å². The minimum absolute atomic E-state index is 0.0279. The third-order valence-electron chi connectivity index (χ3n) is 3.76. The van der Waals surface area contributed by atoms with Crippen molar-refractivity contribution in [1.82, 2.24) is 10.2 Å². The number of carbonyl (C=O) groups is 2. The van der Waals surface area contributed by atoms with E-state index in [-0.39, 0.29) is 11.4 Å². The minimum atomic E-state index is -0.789. The van der Waals surface area contributed by atoms with Crippen LogP contribution in [0, 0.1) is 10.8 Å². The van der Waals surface area contributed by atoms with Gasteiger partial charge in [-0.1, -0.05) is 27.7 Å². The van der Waals surface area contributed by atoms with Crippen molar-refractivity contribution < 1.29 is 14.7 Å². The van der Waals surface area contributed by atoms with E-state index in [4.69, 9.17) is 0 Å². The molecule has 1 atom stereocenters. The Bertz CT molecular complexity index is 349. The monoisotopic (exact) mass is 270 g/mol. The number of likely N-dealkylation sites (tertiary alicyclic amines) is 1. The van der Waals surface area contributed by atoms with Crippen LogP contribution in [0.5, 0.6) is 0 Å². The Balaban J connectivity index is 2.64. The third-order valence-corrected chi connectivity index (χ3v) is 3.76. The Labute approximate surface area is 115 Å². The molecule has 1 fully saturated rings. The Kier molecular flexibility index (Phi) is 4.82. The van der Waals surface area contributed by atoms with Crippen molar-refractivity contribution in [1.29, 1.82) is 0 Å². The minimum Gasteiger partial charge on any atom is -0.481 e. The third kappa shape index (κ3) is 4.11. The second kappa shape index (κ2) is 5.80. The zero-order valence-electron chi connectivity index (χ0n) is 12.5. The van der Waals surface area contributed by atoms with Gasteiger partial charge >= 0.3 is 12.0 Å². The molecule has 2 amide bonds. The summed E-state index contributed by atoms with van der Waals surface area (Å²) in [5.74, 6) is -0.789. The molecule has 1 aliphatic heterocycles. The van der Waals surface area contributed by atoms with Crippen molar-refractivity contribution in [3.63, 3.8) is 0 Å². The molecule has 0 bridgehead atoms. The van der Waals surface area contributed by atoms with E-state index in [0.29, 0.717) is 32.5 Å². The van der Waals surface area contributed by atoms with Crippen LogP contribution in [0.2, 0.25) is 0 Å². The second-order valence-corrected chi connectivity index (χ2v) is 6.68. The first-order valence-corrected chi connectivity index (χ1v) is 6.96. The van der Waals surface area contributed by atoms with Crippen molar-refractivity contribution in [3.05, 3.63) is 0 Å². The molecule has 1 unspecified atom stereocenters. The highest BCUT2D eigenvalue weighted by Gasteiger charge is 2.42. The van der Waals surface area contributed by atoms with E-state index in [2.05, 4.69) is 26.1 Å². The van der Waals surface area contributed by atoms with Gasteiger partial charge in [0.2, 0.25) is 0 Å². The summed E-state index contributed by atoms with van der Waals surface area (Å²) in [4.78, 5) is 25.2. The molecule has 0 saturated carbocycles. The van der Waals surface area contributed by atoms with Crippen LogP contribution in [0.1, 0.15) is 47.0 Å². The van der Waals surface area contributed by atoms with Gasteiger partial charge in [-0.2, -0.15) is 0 Å². The zero-order valence-corrected chi connectivity index (χ0v) is 12.5. The van der Waals surface area contributed by atoms with Gasteiger partial charge in [-0.3, -0.25) is 4.79 Å². The molecule has 0 aromatic heterocycles. The maximum absolute atomic E-state index is 12.1. The molecule has 0 aliphatic carbocycles. The Hall–Kier alpha value is -1.26. The zero-order chi connectivity index (χ0) is 14.7. The molecule has 19 heavy (non-hydrogen) atoms. The summed E-state index contributed by atoms with van der Waals surface area (Å²) >= 11 is 0. The number of piperidine rings is 1. The molecule has 5 heteroatoms. The van der Waals surface area contributed by atoms with E-state index in [1.807, 2.05) is 6.92 Å². The quantitative estimate of drug-likeness (QED) is 0.827. The summed E-state index contributed by atoms with van der Waals surface area (Å²) < 4.78 is 0. The maximum atomic E-state index is 12.1. The van der Waals surface area contributed by atoms with E-state index >= 15 is 0 Å². The summed E-state index contributed by atoms with van der Waals surface area (Å²) in [6.07, 6.45) is 1.97. The van der Waals surface area contributed by atoms with Gasteiger partial charge in [0.15, 0.2) is 0 Å². The normalized spacial score (nSPS) is 24.1. The Morgan fingerprint density at radius 3 is 2.47 bits per heavy atom. The summed E-state index contributed by atoms with van der Waals surface area (Å²) in [5, 5.41) is 12.3. The molecular weight excluding hydrogens is 244 g/mol. The van der Waals surface area contributed by atoms with E-state index in [9.17, 15) is 14.7 Å². The smallest absolute Gasteiger partial charge is 0.317 e. The molecule has 1 rings (SSSR count). The van der Waals surface area contributed by atoms with Crippen LogP contribution in [-0.4, -0.2) is 41.6 Å². The number of amides is 2. The summed E-state index contributed by atoms with van der Waals surface area (Å²) in [5.41, 5.74) is -0.739. The molecule has 0 aromatic rings. The number of carboxylic acid groups (broad SMARTS) is 1. The first kappa shape index (κ1) is 15.8. The number of nitrogens with zero attached hydrogens (tertiary/aromatic N) is 1. The molecule has 1 saturated heterocycles. The van der Waals surface area contributed by atoms with Crippen molar-refractivity contribution in [2.45, 2.75) is 47.0 Å². The van der Waals surface area contributed by atoms with Crippen LogP contribution in [0.15, 0.2) is 0 Å². The first-order chi connectivity index (χ1) is 8.70. The number of hydrogen-bond acceptors (Lipinski definition) is 2. The summed E-state index contributed by atoms with van der Waals surface area (Å²) in [7, 11) is 0. The number of rotatable bonds is 3. The molecule has 0 spiro atoms. The average molecular weight is 270 g/mol. The lowest BCUT2D eigenvalue weighted by Gasteiger charge is -2.39. The van der Waals surface area contributed by atoms with Gasteiger partial charge in [-0.25, -0.2) is 4.79 Å². The molecular formula is C14H26N2O3. The highest BCUT2D eigenvalue weighted by atomic mass is 16.4. The van der Waals surface area contributed by atoms with E-state index in [1.165, 1.54) is 0 Å². The number of hydrogen-bond donors (Lipinski definition) is 2. The maximum Gasteiger partial charge on any atom is 0.317 e.